The van der Waals surface area contributed by atoms with E-state index in [1.165, 1.54) is 11.3 Å². The molecule has 0 bridgehead atoms. The topological polar surface area (TPSA) is 88.0 Å². The number of carbonyl (C=O) groups is 1. The number of rotatable bonds is 3. The van der Waals surface area contributed by atoms with Crippen molar-refractivity contribution >= 4 is 28.0 Å². The number of aryl methyl sites for hydroxylation is 1. The van der Waals surface area contributed by atoms with Gasteiger partial charge in [0.05, 0.1) is 17.0 Å². The van der Waals surface area contributed by atoms with Gasteiger partial charge in [-0.3, -0.25) is 14.5 Å². The summed E-state index contributed by atoms with van der Waals surface area (Å²) in [6.45, 7) is 1.84. The molecule has 0 unspecified atom stereocenters. The van der Waals surface area contributed by atoms with Crippen molar-refractivity contribution in [2.75, 3.05) is 5.32 Å². The van der Waals surface area contributed by atoms with Gasteiger partial charge < -0.3 is 4.98 Å². The van der Waals surface area contributed by atoms with E-state index in [9.17, 15) is 4.79 Å². The van der Waals surface area contributed by atoms with Crippen molar-refractivity contribution in [3.8, 4) is 11.4 Å². The lowest BCUT2D eigenvalue weighted by Crippen LogP contribution is -2.12. The third-order valence-electron chi connectivity index (χ3n) is 3.43. The van der Waals surface area contributed by atoms with E-state index in [1.54, 1.807) is 22.7 Å². The molecule has 7 nitrogen and oxygen atoms in total. The summed E-state index contributed by atoms with van der Waals surface area (Å²) in [6, 6.07) is 7.33. The number of nitrogens with one attached hydrogen (secondary N) is 2. The molecule has 4 rings (SSSR count). The van der Waals surface area contributed by atoms with Crippen LogP contribution in [0.15, 0.2) is 42.0 Å². The summed E-state index contributed by atoms with van der Waals surface area (Å²) >= 11 is 1.38. The summed E-state index contributed by atoms with van der Waals surface area (Å²) < 4.78 is 1.78. The Balaban J connectivity index is 1.58. The van der Waals surface area contributed by atoms with Crippen molar-refractivity contribution in [3.63, 3.8) is 0 Å². The van der Waals surface area contributed by atoms with Crippen molar-refractivity contribution in [1.82, 2.24) is 24.6 Å². The Kier molecular flexibility index (Phi) is 3.16. The van der Waals surface area contributed by atoms with Crippen molar-refractivity contribution in [3.05, 3.63) is 53.4 Å². The fourth-order valence-electron chi connectivity index (χ4n) is 2.25. The maximum absolute atomic E-state index is 12.4. The molecule has 1 amide bonds. The number of fused-ring (bicyclic) bond motifs is 1. The maximum atomic E-state index is 12.4. The van der Waals surface area contributed by atoms with Gasteiger partial charge in [0.15, 0.2) is 10.8 Å². The average molecular weight is 324 g/mol. The first kappa shape index (κ1) is 13.6. The second kappa shape index (κ2) is 5.33. The van der Waals surface area contributed by atoms with Gasteiger partial charge in [0.2, 0.25) is 0 Å². The van der Waals surface area contributed by atoms with E-state index in [1.807, 2.05) is 30.6 Å². The Bertz CT molecular complexity index is 985. The van der Waals surface area contributed by atoms with Crippen LogP contribution < -0.4 is 5.32 Å². The van der Waals surface area contributed by atoms with Crippen LogP contribution in [-0.4, -0.2) is 30.5 Å². The quantitative estimate of drug-likeness (QED) is 0.606. The lowest BCUT2D eigenvalue weighted by molar-refractivity contribution is 0.102. The van der Waals surface area contributed by atoms with Gasteiger partial charge >= 0.3 is 0 Å². The van der Waals surface area contributed by atoms with Crippen LogP contribution in [0.4, 0.5) is 5.13 Å². The Morgan fingerprint density at radius 1 is 1.30 bits per heavy atom. The van der Waals surface area contributed by atoms with E-state index < -0.39 is 0 Å². The number of anilines is 1. The van der Waals surface area contributed by atoms with Crippen LogP contribution in [0.1, 0.15) is 16.2 Å². The van der Waals surface area contributed by atoms with Crippen LogP contribution in [0.2, 0.25) is 0 Å². The summed E-state index contributed by atoms with van der Waals surface area (Å²) in [5, 5.41) is 13.3. The van der Waals surface area contributed by atoms with Gasteiger partial charge in [-0.1, -0.05) is 0 Å². The van der Waals surface area contributed by atoms with Crippen molar-refractivity contribution < 1.29 is 4.79 Å². The molecule has 4 aromatic heterocycles. The monoisotopic (exact) mass is 324 g/mol. The average Bonchev–Trinajstić information content (AvgIpc) is 3.28. The van der Waals surface area contributed by atoms with Crippen LogP contribution in [0.5, 0.6) is 0 Å². The van der Waals surface area contributed by atoms with Gasteiger partial charge in [0, 0.05) is 17.8 Å². The van der Waals surface area contributed by atoms with Crippen molar-refractivity contribution in [2.24, 2.45) is 0 Å². The zero-order chi connectivity index (χ0) is 15.8. The van der Waals surface area contributed by atoms with Crippen LogP contribution in [-0.2, 0) is 0 Å². The molecule has 2 N–H and O–H groups in total. The van der Waals surface area contributed by atoms with Crippen LogP contribution in [0.25, 0.3) is 17.0 Å². The van der Waals surface area contributed by atoms with E-state index in [2.05, 4.69) is 25.5 Å². The smallest absolute Gasteiger partial charge is 0.258 e. The molecule has 0 radical (unpaired) electrons. The first-order valence-electron chi connectivity index (χ1n) is 6.93. The minimum Gasteiger partial charge on any atom is -0.360 e. The standard InChI is InChI=1S/C15H12N6OS/c1-9-19-20-13-5-4-10(7-21(9)13)14(22)18-15-17-12(8-23-15)11-3-2-6-16-11/h2-8,16H,1H3,(H,17,18,22). The minimum atomic E-state index is -0.215. The molecule has 0 saturated heterocycles. The van der Waals surface area contributed by atoms with Gasteiger partial charge in [-0.15, -0.1) is 21.5 Å². The molecule has 0 saturated carbocycles. The minimum absolute atomic E-state index is 0.215. The number of aromatic amines is 1. The lowest BCUT2D eigenvalue weighted by atomic mass is 10.2. The summed E-state index contributed by atoms with van der Waals surface area (Å²) in [6.07, 6.45) is 3.56. The van der Waals surface area contributed by atoms with Gasteiger partial charge in [-0.05, 0) is 31.2 Å². The van der Waals surface area contributed by atoms with E-state index in [4.69, 9.17) is 0 Å². The summed E-state index contributed by atoms with van der Waals surface area (Å²) in [5.74, 6) is 0.519. The molecule has 0 atom stereocenters. The van der Waals surface area contributed by atoms with E-state index in [-0.39, 0.29) is 5.91 Å². The number of hydrogen-bond acceptors (Lipinski definition) is 5. The molecule has 8 heteroatoms. The van der Waals surface area contributed by atoms with Crippen molar-refractivity contribution in [1.29, 1.82) is 0 Å². The Hall–Kier alpha value is -3.00. The van der Waals surface area contributed by atoms with E-state index in [0.717, 1.165) is 17.2 Å². The zero-order valence-corrected chi connectivity index (χ0v) is 13.0. The number of amides is 1. The van der Waals surface area contributed by atoms with Gasteiger partial charge in [-0.2, -0.15) is 0 Å². The summed E-state index contributed by atoms with van der Waals surface area (Å²) in [5.41, 5.74) is 2.96. The van der Waals surface area contributed by atoms with E-state index in [0.29, 0.717) is 16.3 Å². The zero-order valence-electron chi connectivity index (χ0n) is 12.1. The number of nitrogens with zero attached hydrogens (tertiary/aromatic N) is 4. The third kappa shape index (κ3) is 2.49. The third-order valence-corrected chi connectivity index (χ3v) is 4.19. The van der Waals surface area contributed by atoms with Crippen LogP contribution in [0.3, 0.4) is 0 Å². The fourth-order valence-corrected chi connectivity index (χ4v) is 2.96. The highest BCUT2D eigenvalue weighted by Gasteiger charge is 2.12. The largest absolute Gasteiger partial charge is 0.360 e. The summed E-state index contributed by atoms with van der Waals surface area (Å²) in [4.78, 5) is 19.9. The maximum Gasteiger partial charge on any atom is 0.258 e. The molecule has 23 heavy (non-hydrogen) atoms. The number of thiazole rings is 1. The number of aromatic nitrogens is 5. The molecule has 0 aliphatic rings. The number of H-pyrrole nitrogens is 1. The molecule has 0 spiro atoms. The second-order valence-corrected chi connectivity index (χ2v) is 5.83. The number of carbonyl (C=O) groups excluding carboxylic acids is 1. The molecular weight excluding hydrogens is 312 g/mol. The Morgan fingerprint density at radius 2 is 2.22 bits per heavy atom. The fraction of sp³-hybridized carbons (Fsp3) is 0.0667. The lowest BCUT2D eigenvalue weighted by Gasteiger charge is -2.03. The van der Waals surface area contributed by atoms with Crippen molar-refractivity contribution in [2.45, 2.75) is 6.92 Å². The molecule has 114 valence electrons. The molecular formula is C15H12N6OS. The highest BCUT2D eigenvalue weighted by molar-refractivity contribution is 7.14. The van der Waals surface area contributed by atoms with Gasteiger partial charge in [0.25, 0.3) is 5.91 Å². The molecule has 0 aliphatic heterocycles. The predicted molar refractivity (Wildman–Crippen MR) is 87.6 cm³/mol. The van der Waals surface area contributed by atoms with E-state index >= 15 is 0 Å². The highest BCUT2D eigenvalue weighted by Crippen LogP contribution is 2.23. The molecule has 4 aromatic rings. The molecule has 0 aliphatic carbocycles. The first-order valence-corrected chi connectivity index (χ1v) is 7.81. The first-order chi connectivity index (χ1) is 11.2. The Morgan fingerprint density at radius 3 is 3.04 bits per heavy atom. The van der Waals surface area contributed by atoms with Gasteiger partial charge in [0.1, 0.15) is 5.82 Å². The summed E-state index contributed by atoms with van der Waals surface area (Å²) in [7, 11) is 0. The van der Waals surface area contributed by atoms with Crippen LogP contribution in [0, 0.1) is 6.92 Å². The Labute approximate surface area is 135 Å². The van der Waals surface area contributed by atoms with Gasteiger partial charge in [-0.25, -0.2) is 4.98 Å². The molecule has 0 aromatic carbocycles. The van der Waals surface area contributed by atoms with Crippen LogP contribution >= 0.6 is 11.3 Å². The highest BCUT2D eigenvalue weighted by atomic mass is 32.1. The predicted octanol–water partition coefficient (Wildman–Crippen LogP) is 2.74. The number of pyridine rings is 1. The normalized spacial score (nSPS) is 11.0. The number of hydrogen-bond donors (Lipinski definition) is 2. The molecule has 4 heterocycles. The SMILES string of the molecule is Cc1nnc2ccc(C(=O)Nc3nc(-c4ccc[nH]4)cs3)cn12. The molecule has 0 fully saturated rings. The second-order valence-electron chi connectivity index (χ2n) is 4.97.